The average molecular weight is 425 g/mol. The molecule has 0 radical (unpaired) electrons. The van der Waals surface area contributed by atoms with Crippen LogP contribution in [0.5, 0.6) is 17.2 Å². The topological polar surface area (TPSA) is 67.9 Å². The van der Waals surface area contributed by atoms with E-state index in [0.29, 0.717) is 27.8 Å². The van der Waals surface area contributed by atoms with Gasteiger partial charge in [0.25, 0.3) is 11.8 Å². The van der Waals surface area contributed by atoms with Crippen molar-refractivity contribution in [2.45, 2.75) is 0 Å². The van der Waals surface area contributed by atoms with E-state index in [1.54, 1.807) is 50.5 Å². The van der Waals surface area contributed by atoms with Gasteiger partial charge >= 0.3 is 0 Å². The van der Waals surface area contributed by atoms with Crippen molar-refractivity contribution < 1.29 is 19.1 Å². The largest absolute Gasteiger partial charge is 0.484 e. The molecule has 0 aliphatic carbocycles. The van der Waals surface area contributed by atoms with E-state index < -0.39 is 0 Å². The lowest BCUT2D eigenvalue weighted by atomic mass is 10.1. The molecule has 0 saturated heterocycles. The van der Waals surface area contributed by atoms with Crippen LogP contribution in [0.1, 0.15) is 10.4 Å². The van der Waals surface area contributed by atoms with Gasteiger partial charge in [0, 0.05) is 19.8 Å². The second-order valence-electron chi connectivity index (χ2n) is 6.62. The van der Waals surface area contributed by atoms with Crippen LogP contribution in [-0.2, 0) is 4.79 Å². The maximum atomic E-state index is 12.2. The molecule has 0 spiro atoms. The molecule has 0 aliphatic rings. The average Bonchev–Trinajstić information content (AvgIpc) is 2.75. The Morgan fingerprint density at radius 3 is 2.20 bits per heavy atom. The second-order valence-corrected chi connectivity index (χ2v) is 7.02. The Hall–Kier alpha value is -3.51. The van der Waals surface area contributed by atoms with Gasteiger partial charge in [-0.2, -0.15) is 0 Å². The summed E-state index contributed by atoms with van der Waals surface area (Å²) in [6, 6.07) is 21.1. The van der Waals surface area contributed by atoms with Gasteiger partial charge < -0.3 is 19.7 Å². The number of carbonyl (C=O) groups is 2. The summed E-state index contributed by atoms with van der Waals surface area (Å²) in [4.78, 5) is 25.8. The van der Waals surface area contributed by atoms with Crippen LogP contribution in [0.25, 0.3) is 0 Å². The first-order chi connectivity index (χ1) is 14.4. The molecule has 0 bridgehead atoms. The van der Waals surface area contributed by atoms with E-state index in [1.807, 2.05) is 30.3 Å². The standard InChI is InChI=1S/C23H21ClN2O4/c1-26(2)23(28)20-14-16(8-13-21(20)24)25-22(27)15-29-17-9-11-19(12-10-17)30-18-6-4-3-5-7-18/h3-14H,15H2,1-2H3,(H,25,27). The van der Waals surface area contributed by atoms with Crippen LogP contribution in [-0.4, -0.2) is 37.4 Å². The maximum absolute atomic E-state index is 12.2. The maximum Gasteiger partial charge on any atom is 0.262 e. The fourth-order valence-electron chi connectivity index (χ4n) is 2.58. The number of hydrogen-bond acceptors (Lipinski definition) is 4. The molecular formula is C23H21ClN2O4. The minimum absolute atomic E-state index is 0.182. The number of nitrogens with zero attached hydrogens (tertiary/aromatic N) is 1. The molecule has 3 rings (SSSR count). The van der Waals surface area contributed by atoms with Gasteiger partial charge in [-0.25, -0.2) is 0 Å². The number of carbonyl (C=O) groups excluding carboxylic acids is 2. The predicted octanol–water partition coefficient (Wildman–Crippen LogP) is 4.85. The first kappa shape index (κ1) is 21.2. The third kappa shape index (κ3) is 5.75. The van der Waals surface area contributed by atoms with Crippen molar-refractivity contribution in [2.75, 3.05) is 26.0 Å². The lowest BCUT2D eigenvalue weighted by molar-refractivity contribution is -0.118. The number of anilines is 1. The first-order valence-corrected chi connectivity index (χ1v) is 9.57. The Kier molecular flexibility index (Phi) is 6.93. The molecule has 0 unspecified atom stereocenters. The number of benzene rings is 3. The van der Waals surface area contributed by atoms with Crippen LogP contribution in [0.4, 0.5) is 5.69 Å². The monoisotopic (exact) mass is 424 g/mol. The minimum Gasteiger partial charge on any atom is -0.484 e. The molecule has 0 heterocycles. The van der Waals surface area contributed by atoms with Crippen LogP contribution in [0, 0.1) is 0 Å². The van der Waals surface area contributed by atoms with E-state index in [1.165, 1.54) is 11.0 Å². The van der Waals surface area contributed by atoms with E-state index in [0.717, 1.165) is 5.75 Å². The third-order valence-electron chi connectivity index (χ3n) is 4.06. The molecule has 0 fully saturated rings. The molecule has 6 nitrogen and oxygen atoms in total. The van der Waals surface area contributed by atoms with Gasteiger partial charge in [0.1, 0.15) is 17.2 Å². The van der Waals surface area contributed by atoms with Crippen LogP contribution in [0.3, 0.4) is 0 Å². The molecular weight excluding hydrogens is 404 g/mol. The second kappa shape index (κ2) is 9.80. The highest BCUT2D eigenvalue weighted by atomic mass is 35.5. The highest BCUT2D eigenvalue weighted by Gasteiger charge is 2.14. The molecule has 7 heteroatoms. The summed E-state index contributed by atoms with van der Waals surface area (Å²) < 4.78 is 11.2. The Bertz CT molecular complexity index is 1020. The Balaban J connectivity index is 1.54. The van der Waals surface area contributed by atoms with Crippen LogP contribution >= 0.6 is 11.6 Å². The van der Waals surface area contributed by atoms with E-state index in [-0.39, 0.29) is 18.4 Å². The van der Waals surface area contributed by atoms with Crippen molar-refractivity contribution >= 4 is 29.1 Å². The lowest BCUT2D eigenvalue weighted by Gasteiger charge is -2.13. The molecule has 154 valence electrons. The predicted molar refractivity (Wildman–Crippen MR) is 117 cm³/mol. The quantitative estimate of drug-likeness (QED) is 0.588. The molecule has 0 atom stereocenters. The van der Waals surface area contributed by atoms with Crippen LogP contribution in [0.15, 0.2) is 72.8 Å². The number of amides is 2. The number of nitrogens with one attached hydrogen (secondary N) is 1. The zero-order valence-electron chi connectivity index (χ0n) is 16.6. The lowest BCUT2D eigenvalue weighted by Crippen LogP contribution is -2.23. The Morgan fingerprint density at radius 2 is 1.53 bits per heavy atom. The highest BCUT2D eigenvalue weighted by molar-refractivity contribution is 6.34. The Morgan fingerprint density at radius 1 is 0.900 bits per heavy atom. The molecule has 2 amide bonds. The normalized spacial score (nSPS) is 10.2. The third-order valence-corrected chi connectivity index (χ3v) is 4.39. The fraction of sp³-hybridized carbons (Fsp3) is 0.130. The Labute approximate surface area is 180 Å². The number of ether oxygens (including phenoxy) is 2. The molecule has 30 heavy (non-hydrogen) atoms. The van der Waals surface area contributed by atoms with Crippen molar-refractivity contribution in [1.82, 2.24) is 4.90 Å². The summed E-state index contributed by atoms with van der Waals surface area (Å²) in [6.07, 6.45) is 0. The number of para-hydroxylation sites is 1. The van der Waals surface area contributed by atoms with Crippen molar-refractivity contribution in [3.05, 3.63) is 83.4 Å². The van der Waals surface area contributed by atoms with E-state index in [4.69, 9.17) is 21.1 Å². The minimum atomic E-state index is -0.356. The molecule has 0 aliphatic heterocycles. The smallest absolute Gasteiger partial charge is 0.262 e. The summed E-state index contributed by atoms with van der Waals surface area (Å²) in [6.45, 7) is -0.182. The molecule has 1 N–H and O–H groups in total. The van der Waals surface area contributed by atoms with Gasteiger partial charge in [0.2, 0.25) is 0 Å². The van der Waals surface area contributed by atoms with Gasteiger partial charge in [0.15, 0.2) is 6.61 Å². The van der Waals surface area contributed by atoms with Crippen molar-refractivity contribution in [1.29, 1.82) is 0 Å². The summed E-state index contributed by atoms with van der Waals surface area (Å²) in [5.74, 6) is 1.33. The molecule has 3 aromatic carbocycles. The summed E-state index contributed by atoms with van der Waals surface area (Å²) >= 11 is 6.08. The van der Waals surface area contributed by atoms with Crippen LogP contribution < -0.4 is 14.8 Å². The fourth-order valence-corrected chi connectivity index (χ4v) is 2.78. The number of hydrogen-bond donors (Lipinski definition) is 1. The SMILES string of the molecule is CN(C)C(=O)c1cc(NC(=O)COc2ccc(Oc3ccccc3)cc2)ccc1Cl. The van der Waals surface area contributed by atoms with E-state index in [2.05, 4.69) is 5.32 Å². The first-order valence-electron chi connectivity index (χ1n) is 9.19. The number of halogens is 1. The summed E-state index contributed by atoms with van der Waals surface area (Å²) in [5, 5.41) is 3.02. The van der Waals surface area contributed by atoms with Gasteiger partial charge in [-0.1, -0.05) is 29.8 Å². The zero-order chi connectivity index (χ0) is 21.5. The van der Waals surface area contributed by atoms with Crippen molar-refractivity contribution in [3.8, 4) is 17.2 Å². The van der Waals surface area contributed by atoms with Crippen molar-refractivity contribution in [3.63, 3.8) is 0 Å². The summed E-state index contributed by atoms with van der Waals surface area (Å²) in [5.41, 5.74) is 0.777. The van der Waals surface area contributed by atoms with E-state index in [9.17, 15) is 9.59 Å². The van der Waals surface area contributed by atoms with Gasteiger partial charge in [-0.15, -0.1) is 0 Å². The zero-order valence-corrected chi connectivity index (χ0v) is 17.3. The number of rotatable bonds is 7. The molecule has 3 aromatic rings. The van der Waals surface area contributed by atoms with Gasteiger partial charge in [-0.3, -0.25) is 9.59 Å². The van der Waals surface area contributed by atoms with Crippen LogP contribution in [0.2, 0.25) is 5.02 Å². The molecule has 0 saturated carbocycles. The van der Waals surface area contributed by atoms with Crippen molar-refractivity contribution in [2.24, 2.45) is 0 Å². The van der Waals surface area contributed by atoms with Gasteiger partial charge in [0.05, 0.1) is 10.6 Å². The molecule has 0 aromatic heterocycles. The van der Waals surface area contributed by atoms with Gasteiger partial charge in [-0.05, 0) is 54.6 Å². The summed E-state index contributed by atoms with van der Waals surface area (Å²) in [7, 11) is 3.27. The van der Waals surface area contributed by atoms with E-state index >= 15 is 0 Å². The highest BCUT2D eigenvalue weighted by Crippen LogP contribution is 2.24.